The molecule has 1 aliphatic rings. The Morgan fingerprint density at radius 2 is 2.56 bits per heavy atom. The van der Waals surface area contributed by atoms with Crippen molar-refractivity contribution in [3.05, 3.63) is 24.0 Å². The van der Waals surface area contributed by atoms with Crippen LogP contribution >= 0.6 is 0 Å². The first-order valence-corrected chi connectivity index (χ1v) is 5.89. The van der Waals surface area contributed by atoms with Crippen molar-refractivity contribution in [2.45, 2.75) is 6.10 Å². The molecule has 1 amide bonds. The molecule has 1 aromatic heterocycles. The summed E-state index contributed by atoms with van der Waals surface area (Å²) in [6, 6.07) is 1.69. The van der Waals surface area contributed by atoms with E-state index in [1.165, 1.54) is 0 Å². The van der Waals surface area contributed by atoms with E-state index in [1.54, 1.807) is 30.4 Å². The van der Waals surface area contributed by atoms with Crippen LogP contribution in [0.1, 0.15) is 10.4 Å². The molecule has 98 valence electrons. The highest BCUT2D eigenvalue weighted by Crippen LogP contribution is 2.17. The zero-order valence-electron chi connectivity index (χ0n) is 10.3. The minimum atomic E-state index is -0.289. The summed E-state index contributed by atoms with van der Waals surface area (Å²) in [7, 11) is 1.75. The van der Waals surface area contributed by atoms with E-state index in [1.807, 2.05) is 0 Å². The number of carbonyl (C=O) groups is 1. The van der Waals surface area contributed by atoms with Crippen LogP contribution in [-0.4, -0.2) is 60.4 Å². The summed E-state index contributed by atoms with van der Waals surface area (Å²) in [5.41, 5.74) is 1.29. The van der Waals surface area contributed by atoms with Gasteiger partial charge >= 0.3 is 0 Å². The minimum Gasteiger partial charge on any atom is -0.394 e. The number of morpholine rings is 1. The van der Waals surface area contributed by atoms with Crippen LogP contribution in [0.2, 0.25) is 0 Å². The number of nitrogens with one attached hydrogen (secondary N) is 1. The predicted octanol–water partition coefficient (Wildman–Crippen LogP) is -0.0434. The highest BCUT2D eigenvalue weighted by molar-refractivity contribution is 5.99. The molecule has 1 saturated heterocycles. The molecular formula is C12H17N3O3. The molecular weight excluding hydrogens is 234 g/mol. The fraction of sp³-hybridized carbons (Fsp3) is 0.500. The number of rotatable bonds is 3. The van der Waals surface area contributed by atoms with Crippen molar-refractivity contribution in [1.29, 1.82) is 0 Å². The van der Waals surface area contributed by atoms with E-state index in [2.05, 4.69) is 10.3 Å². The van der Waals surface area contributed by atoms with Crippen molar-refractivity contribution < 1.29 is 14.6 Å². The van der Waals surface area contributed by atoms with E-state index in [0.717, 1.165) is 0 Å². The Bertz CT molecular complexity index is 425. The molecule has 6 heteroatoms. The average Bonchev–Trinajstić information content (AvgIpc) is 2.46. The zero-order valence-corrected chi connectivity index (χ0v) is 10.3. The summed E-state index contributed by atoms with van der Waals surface area (Å²) in [4.78, 5) is 18.0. The fourth-order valence-corrected chi connectivity index (χ4v) is 1.96. The standard InChI is InChI=1S/C12H17N3O3/c1-13-11-6-14-3-2-10(11)12(17)15-4-5-18-9(7-15)8-16/h2-3,6,9,13,16H,4-5,7-8H2,1H3. The maximum Gasteiger partial charge on any atom is 0.256 e. The number of nitrogens with zero attached hydrogens (tertiary/aromatic N) is 2. The van der Waals surface area contributed by atoms with Gasteiger partial charge in [-0.15, -0.1) is 0 Å². The molecule has 0 saturated carbocycles. The van der Waals surface area contributed by atoms with E-state index in [0.29, 0.717) is 30.9 Å². The van der Waals surface area contributed by atoms with E-state index < -0.39 is 0 Å². The Kier molecular flexibility index (Phi) is 4.11. The van der Waals surface area contributed by atoms with Crippen LogP contribution in [0, 0.1) is 0 Å². The number of anilines is 1. The van der Waals surface area contributed by atoms with Gasteiger partial charge in [-0.1, -0.05) is 0 Å². The number of aliphatic hydroxyl groups is 1. The van der Waals surface area contributed by atoms with Gasteiger partial charge in [-0.3, -0.25) is 9.78 Å². The molecule has 1 aliphatic heterocycles. The Labute approximate surface area is 106 Å². The van der Waals surface area contributed by atoms with Crippen molar-refractivity contribution >= 4 is 11.6 Å². The summed E-state index contributed by atoms with van der Waals surface area (Å²) in [5.74, 6) is -0.0662. The van der Waals surface area contributed by atoms with Crippen LogP contribution in [-0.2, 0) is 4.74 Å². The van der Waals surface area contributed by atoms with Crippen LogP contribution in [0.25, 0.3) is 0 Å². The molecule has 2 N–H and O–H groups in total. The lowest BCUT2D eigenvalue weighted by Crippen LogP contribution is -2.47. The van der Waals surface area contributed by atoms with Gasteiger partial charge in [0.25, 0.3) is 5.91 Å². The Morgan fingerprint density at radius 3 is 3.28 bits per heavy atom. The molecule has 2 heterocycles. The first-order chi connectivity index (χ1) is 8.76. The van der Waals surface area contributed by atoms with Crippen molar-refractivity contribution in [3.8, 4) is 0 Å². The maximum atomic E-state index is 12.4. The monoisotopic (exact) mass is 251 g/mol. The number of aromatic nitrogens is 1. The highest BCUT2D eigenvalue weighted by Gasteiger charge is 2.25. The van der Waals surface area contributed by atoms with E-state index in [-0.39, 0.29) is 18.6 Å². The van der Waals surface area contributed by atoms with Crippen LogP contribution in [0.15, 0.2) is 18.5 Å². The van der Waals surface area contributed by atoms with Gasteiger partial charge in [0, 0.05) is 26.3 Å². The summed E-state index contributed by atoms with van der Waals surface area (Å²) in [6.07, 6.45) is 2.93. The average molecular weight is 251 g/mol. The van der Waals surface area contributed by atoms with Crippen molar-refractivity contribution in [3.63, 3.8) is 0 Å². The van der Waals surface area contributed by atoms with Crippen molar-refractivity contribution in [1.82, 2.24) is 9.88 Å². The lowest BCUT2D eigenvalue weighted by Gasteiger charge is -2.32. The third-order valence-corrected chi connectivity index (χ3v) is 2.95. The maximum absolute atomic E-state index is 12.4. The molecule has 1 aromatic rings. The fourth-order valence-electron chi connectivity index (χ4n) is 1.96. The van der Waals surface area contributed by atoms with Crippen LogP contribution in [0.3, 0.4) is 0 Å². The summed E-state index contributed by atoms with van der Waals surface area (Å²) in [5, 5.41) is 12.0. The van der Waals surface area contributed by atoms with Crippen LogP contribution < -0.4 is 5.32 Å². The molecule has 0 radical (unpaired) electrons. The van der Waals surface area contributed by atoms with Gasteiger partial charge in [0.1, 0.15) is 0 Å². The number of pyridine rings is 1. The molecule has 2 rings (SSSR count). The number of aliphatic hydroxyl groups excluding tert-OH is 1. The van der Waals surface area contributed by atoms with Crippen molar-refractivity contribution in [2.75, 3.05) is 38.7 Å². The predicted molar refractivity (Wildman–Crippen MR) is 66.5 cm³/mol. The number of ether oxygens (including phenoxy) is 1. The van der Waals surface area contributed by atoms with Gasteiger partial charge in [0.2, 0.25) is 0 Å². The molecule has 0 spiro atoms. The Balaban J connectivity index is 2.15. The lowest BCUT2D eigenvalue weighted by atomic mass is 10.1. The topological polar surface area (TPSA) is 74.7 Å². The van der Waals surface area contributed by atoms with Gasteiger partial charge in [-0.2, -0.15) is 0 Å². The summed E-state index contributed by atoms with van der Waals surface area (Å²) in [6.45, 7) is 1.34. The Hall–Kier alpha value is -1.66. The smallest absolute Gasteiger partial charge is 0.256 e. The minimum absolute atomic E-state index is 0.0662. The second-order valence-electron chi connectivity index (χ2n) is 4.10. The molecule has 1 fully saturated rings. The SMILES string of the molecule is CNc1cnccc1C(=O)N1CCOC(CO)C1. The number of amides is 1. The quantitative estimate of drug-likeness (QED) is 0.788. The van der Waals surface area contributed by atoms with Gasteiger partial charge in [-0.25, -0.2) is 0 Å². The number of hydrogen-bond donors (Lipinski definition) is 2. The van der Waals surface area contributed by atoms with Crippen LogP contribution in [0.5, 0.6) is 0 Å². The van der Waals surface area contributed by atoms with Gasteiger partial charge in [-0.05, 0) is 6.07 Å². The lowest BCUT2D eigenvalue weighted by molar-refractivity contribution is -0.0447. The second kappa shape index (κ2) is 5.79. The Morgan fingerprint density at radius 1 is 1.72 bits per heavy atom. The zero-order chi connectivity index (χ0) is 13.0. The largest absolute Gasteiger partial charge is 0.394 e. The summed E-state index contributed by atoms with van der Waals surface area (Å²) >= 11 is 0. The molecule has 1 atom stereocenters. The molecule has 6 nitrogen and oxygen atoms in total. The highest BCUT2D eigenvalue weighted by atomic mass is 16.5. The van der Waals surface area contributed by atoms with E-state index in [9.17, 15) is 4.79 Å². The van der Waals surface area contributed by atoms with Gasteiger partial charge < -0.3 is 20.1 Å². The third-order valence-electron chi connectivity index (χ3n) is 2.95. The molecule has 1 unspecified atom stereocenters. The van der Waals surface area contributed by atoms with Crippen LogP contribution in [0.4, 0.5) is 5.69 Å². The summed E-state index contributed by atoms with van der Waals surface area (Å²) < 4.78 is 5.33. The number of hydrogen-bond acceptors (Lipinski definition) is 5. The molecule has 0 aromatic carbocycles. The molecule has 18 heavy (non-hydrogen) atoms. The second-order valence-corrected chi connectivity index (χ2v) is 4.10. The molecule has 0 bridgehead atoms. The normalized spacial score (nSPS) is 19.7. The van der Waals surface area contributed by atoms with Crippen molar-refractivity contribution in [2.24, 2.45) is 0 Å². The van der Waals surface area contributed by atoms with E-state index >= 15 is 0 Å². The van der Waals surface area contributed by atoms with Gasteiger partial charge in [0.05, 0.1) is 36.8 Å². The first-order valence-electron chi connectivity index (χ1n) is 5.89. The van der Waals surface area contributed by atoms with E-state index in [4.69, 9.17) is 9.84 Å². The van der Waals surface area contributed by atoms with Gasteiger partial charge in [0.15, 0.2) is 0 Å². The first kappa shape index (κ1) is 12.8. The number of carbonyl (C=O) groups excluding carboxylic acids is 1. The molecule has 0 aliphatic carbocycles. The third kappa shape index (κ3) is 2.60.